The molecule has 1 aromatic carbocycles. The zero-order valence-electron chi connectivity index (χ0n) is 16.0. The molecule has 0 aromatic heterocycles. The van der Waals surface area contributed by atoms with Gasteiger partial charge < -0.3 is 44.5 Å². The van der Waals surface area contributed by atoms with E-state index in [2.05, 4.69) is 0 Å². The molecule has 3 aliphatic rings. The van der Waals surface area contributed by atoms with Crippen molar-refractivity contribution in [1.29, 1.82) is 0 Å². The first-order valence-corrected chi connectivity index (χ1v) is 9.36. The Morgan fingerprint density at radius 1 is 0.935 bits per heavy atom. The number of aromatic hydroxyl groups is 2. The summed E-state index contributed by atoms with van der Waals surface area (Å²) in [7, 11) is 0. The summed E-state index contributed by atoms with van der Waals surface area (Å²) in [5.74, 6) is -0.247. The molecule has 0 bridgehead atoms. The second-order valence-electron chi connectivity index (χ2n) is 7.16. The second kappa shape index (κ2) is 8.17. The van der Waals surface area contributed by atoms with E-state index in [0.717, 1.165) is 6.07 Å². The van der Waals surface area contributed by atoms with Crippen LogP contribution in [0, 0.1) is 0 Å². The lowest BCUT2D eigenvalue weighted by Gasteiger charge is -2.39. The Hall–Kier alpha value is -3.15. The van der Waals surface area contributed by atoms with Gasteiger partial charge in [0.2, 0.25) is 6.29 Å². The average molecular weight is 432 g/mol. The Morgan fingerprint density at radius 3 is 2.32 bits per heavy atom. The van der Waals surface area contributed by atoms with Gasteiger partial charge in [-0.3, -0.25) is 4.79 Å². The van der Waals surface area contributed by atoms with Crippen molar-refractivity contribution < 1.29 is 44.5 Å². The van der Waals surface area contributed by atoms with Crippen molar-refractivity contribution >= 4 is 0 Å². The number of benzene rings is 2. The quantitative estimate of drug-likeness (QED) is 0.330. The molecule has 1 aliphatic carbocycles. The van der Waals surface area contributed by atoms with Crippen LogP contribution in [0.25, 0.3) is 22.6 Å². The third-order valence-electron chi connectivity index (χ3n) is 5.03. The summed E-state index contributed by atoms with van der Waals surface area (Å²) in [6.07, 6.45) is -7.56. The van der Waals surface area contributed by atoms with E-state index in [4.69, 9.17) is 13.9 Å². The van der Waals surface area contributed by atoms with E-state index in [1.807, 2.05) is 0 Å². The van der Waals surface area contributed by atoms with Crippen LogP contribution in [0.2, 0.25) is 0 Å². The number of rotatable bonds is 4. The molecule has 6 N–H and O–H groups in total. The number of aliphatic hydroxyl groups is 4. The molecule has 0 saturated carbocycles. The van der Waals surface area contributed by atoms with E-state index >= 15 is 0 Å². The van der Waals surface area contributed by atoms with Crippen LogP contribution in [0.3, 0.4) is 0 Å². The van der Waals surface area contributed by atoms with Crippen LogP contribution < -0.4 is 10.2 Å². The van der Waals surface area contributed by atoms with Gasteiger partial charge in [0.1, 0.15) is 41.7 Å². The molecular weight excluding hydrogens is 412 g/mol. The standard InChI is InChI=1S/C21H20O10/c22-8-16-17(26)18(27)19(28)21(31-16)30-15-7-12-13(25)5-11(24)6-14(12)29-20(15)9-1-3-10(23)4-2-9/h1-7,16-19,21-23,25-28H,8H2/t16-,17+,18+,19-,21?/m1/s1. The molecule has 10 nitrogen and oxygen atoms in total. The molecule has 4 rings (SSSR count). The minimum absolute atomic E-state index is 0.000398. The molecule has 2 aliphatic heterocycles. The molecular formula is C21H20O10. The van der Waals surface area contributed by atoms with Crippen LogP contribution in [-0.2, 0) is 4.74 Å². The van der Waals surface area contributed by atoms with E-state index in [1.165, 1.54) is 36.4 Å². The van der Waals surface area contributed by atoms with Crippen molar-refractivity contribution in [2.75, 3.05) is 6.61 Å². The highest BCUT2D eigenvalue weighted by atomic mass is 16.7. The van der Waals surface area contributed by atoms with Crippen molar-refractivity contribution in [3.05, 3.63) is 52.7 Å². The van der Waals surface area contributed by atoms with Gasteiger partial charge >= 0.3 is 0 Å². The van der Waals surface area contributed by atoms with Gasteiger partial charge in [-0.25, -0.2) is 0 Å². The molecule has 31 heavy (non-hydrogen) atoms. The number of ether oxygens (including phenoxy) is 2. The zero-order valence-corrected chi connectivity index (χ0v) is 16.0. The normalized spacial score (nSPS) is 26.1. The average Bonchev–Trinajstić information content (AvgIpc) is 2.74. The van der Waals surface area contributed by atoms with Gasteiger partial charge in [-0.05, 0) is 30.3 Å². The Kier molecular flexibility index (Phi) is 5.56. The second-order valence-corrected chi connectivity index (χ2v) is 7.16. The molecule has 0 spiro atoms. The van der Waals surface area contributed by atoms with Gasteiger partial charge in [-0.1, -0.05) is 0 Å². The molecule has 164 valence electrons. The largest absolute Gasteiger partial charge is 0.508 e. The summed E-state index contributed by atoms with van der Waals surface area (Å²) < 4.78 is 16.9. The highest BCUT2D eigenvalue weighted by Gasteiger charge is 2.45. The molecule has 10 heteroatoms. The topological polar surface area (TPSA) is 170 Å². The van der Waals surface area contributed by atoms with Crippen molar-refractivity contribution in [2.45, 2.75) is 30.7 Å². The molecule has 1 unspecified atom stereocenters. The lowest BCUT2D eigenvalue weighted by Crippen LogP contribution is -2.60. The summed E-state index contributed by atoms with van der Waals surface area (Å²) >= 11 is 0. The van der Waals surface area contributed by atoms with Crippen LogP contribution >= 0.6 is 0 Å². The number of hydrogen-bond donors (Lipinski definition) is 6. The first-order chi connectivity index (χ1) is 14.8. The predicted octanol–water partition coefficient (Wildman–Crippen LogP) is 0.00150. The van der Waals surface area contributed by atoms with E-state index < -0.39 is 42.7 Å². The molecule has 1 saturated heterocycles. The number of phenols is 2. The van der Waals surface area contributed by atoms with Crippen LogP contribution in [0.1, 0.15) is 0 Å². The maximum atomic E-state index is 11.8. The maximum Gasteiger partial charge on any atom is 0.229 e. The fourth-order valence-electron chi connectivity index (χ4n) is 3.37. The monoisotopic (exact) mass is 432 g/mol. The summed E-state index contributed by atoms with van der Waals surface area (Å²) in [6, 6.07) is 9.36. The number of aliphatic hydroxyl groups excluding tert-OH is 4. The highest BCUT2D eigenvalue weighted by Crippen LogP contribution is 2.41. The maximum absolute atomic E-state index is 11.8. The van der Waals surface area contributed by atoms with E-state index in [9.17, 15) is 35.4 Å². The molecule has 1 fully saturated rings. The summed E-state index contributed by atoms with van der Waals surface area (Å²) in [5, 5.41) is 59.3. The van der Waals surface area contributed by atoms with Crippen LogP contribution in [0.15, 0.2) is 51.7 Å². The lowest BCUT2D eigenvalue weighted by atomic mass is 9.99. The zero-order chi connectivity index (χ0) is 22.3. The Morgan fingerprint density at radius 2 is 1.65 bits per heavy atom. The fourth-order valence-corrected chi connectivity index (χ4v) is 3.37. The number of hydrogen-bond acceptors (Lipinski definition) is 10. The molecule has 2 heterocycles. The third kappa shape index (κ3) is 3.94. The Bertz CT molecular complexity index is 1090. The van der Waals surface area contributed by atoms with E-state index in [1.54, 1.807) is 0 Å². The summed E-state index contributed by atoms with van der Waals surface area (Å²) in [5.41, 5.74) is 0.0878. The SMILES string of the molecule is O=c1cc2oc(-c3ccc(O)cc3)c(OC3O[C@H](CO)[C@H](O)[C@H](O)[C@H]3O)cc-2c(O)c1. The first kappa shape index (κ1) is 21.1. The minimum Gasteiger partial charge on any atom is -0.508 e. The lowest BCUT2D eigenvalue weighted by molar-refractivity contribution is -0.277. The summed E-state index contributed by atoms with van der Waals surface area (Å²) in [4.78, 5) is 11.8. The molecule has 0 amide bonds. The van der Waals surface area contributed by atoms with Gasteiger partial charge in [0.15, 0.2) is 16.9 Å². The van der Waals surface area contributed by atoms with E-state index in [-0.39, 0.29) is 34.3 Å². The first-order valence-electron chi connectivity index (χ1n) is 9.36. The van der Waals surface area contributed by atoms with Crippen molar-refractivity contribution in [1.82, 2.24) is 0 Å². The van der Waals surface area contributed by atoms with Gasteiger partial charge in [0.05, 0.1) is 12.2 Å². The van der Waals surface area contributed by atoms with Gasteiger partial charge in [0, 0.05) is 17.7 Å². The Labute approximate surface area is 175 Å². The van der Waals surface area contributed by atoms with Gasteiger partial charge in [-0.15, -0.1) is 0 Å². The smallest absolute Gasteiger partial charge is 0.229 e. The molecule has 5 atom stereocenters. The van der Waals surface area contributed by atoms with Crippen LogP contribution in [0.4, 0.5) is 0 Å². The molecule has 1 aromatic rings. The minimum atomic E-state index is -1.67. The van der Waals surface area contributed by atoms with E-state index in [0.29, 0.717) is 5.56 Å². The number of phenolic OH excluding ortho intramolecular Hbond substituents is 2. The summed E-state index contributed by atoms with van der Waals surface area (Å²) in [6.45, 7) is -0.634. The Balaban J connectivity index is 1.82. The van der Waals surface area contributed by atoms with Crippen LogP contribution in [-0.4, -0.2) is 68.0 Å². The predicted molar refractivity (Wildman–Crippen MR) is 105 cm³/mol. The van der Waals surface area contributed by atoms with Crippen molar-refractivity contribution in [3.8, 4) is 39.9 Å². The van der Waals surface area contributed by atoms with Crippen LogP contribution in [0.5, 0.6) is 17.2 Å². The molecule has 0 radical (unpaired) electrons. The van der Waals surface area contributed by atoms with Crippen molar-refractivity contribution in [3.63, 3.8) is 0 Å². The highest BCUT2D eigenvalue weighted by molar-refractivity contribution is 5.75. The number of fused-ring (bicyclic) bond motifs is 1. The van der Waals surface area contributed by atoms with Crippen molar-refractivity contribution in [2.24, 2.45) is 0 Å². The third-order valence-corrected chi connectivity index (χ3v) is 5.03. The fraction of sp³-hybridized carbons (Fsp3) is 0.286. The van der Waals surface area contributed by atoms with Gasteiger partial charge in [-0.2, -0.15) is 0 Å². The van der Waals surface area contributed by atoms with Gasteiger partial charge in [0.25, 0.3) is 0 Å².